The molecule has 132 valence electrons. The average Bonchev–Trinajstić information content (AvgIpc) is 3.02. The summed E-state index contributed by atoms with van der Waals surface area (Å²) in [6.45, 7) is 6.96. The maximum absolute atomic E-state index is 12.3. The molecule has 2 aliphatic heterocycles. The van der Waals surface area contributed by atoms with Crippen molar-refractivity contribution >= 4 is 11.6 Å². The fraction of sp³-hybridized carbons (Fsp3) is 0.611. The van der Waals surface area contributed by atoms with Gasteiger partial charge in [-0.25, -0.2) is 0 Å². The Kier molecular flexibility index (Phi) is 5.26. The van der Waals surface area contributed by atoms with Gasteiger partial charge in [0.15, 0.2) is 5.79 Å². The van der Waals surface area contributed by atoms with Gasteiger partial charge in [-0.2, -0.15) is 0 Å². The van der Waals surface area contributed by atoms with E-state index in [1.54, 1.807) is 0 Å². The quantitative estimate of drug-likeness (QED) is 0.895. The summed E-state index contributed by atoms with van der Waals surface area (Å²) in [5.41, 5.74) is 0.912. The van der Waals surface area contributed by atoms with Crippen molar-refractivity contribution in [3.63, 3.8) is 0 Å². The number of piperidine rings is 1. The molecule has 0 radical (unpaired) electrons. The molecule has 2 heterocycles. The first kappa shape index (κ1) is 17.0. The second-order valence-corrected chi connectivity index (χ2v) is 6.53. The van der Waals surface area contributed by atoms with Crippen LogP contribution in [0.2, 0.25) is 0 Å². The minimum absolute atomic E-state index is 0.102. The van der Waals surface area contributed by atoms with Gasteiger partial charge >= 0.3 is 0 Å². The fourth-order valence-electron chi connectivity index (χ4n) is 3.10. The molecule has 1 aromatic carbocycles. The number of rotatable bonds is 5. The highest BCUT2D eigenvalue weighted by Gasteiger charge is 2.40. The summed E-state index contributed by atoms with van der Waals surface area (Å²) in [5.74, 6) is 0.501. The van der Waals surface area contributed by atoms with E-state index in [4.69, 9.17) is 14.2 Å². The molecule has 1 N–H and O–H groups in total. The second kappa shape index (κ2) is 7.40. The molecule has 2 saturated heterocycles. The van der Waals surface area contributed by atoms with Crippen LogP contribution in [0, 0.1) is 0 Å². The lowest BCUT2D eigenvalue weighted by atomic mass is 10.0. The molecule has 1 amide bonds. The van der Waals surface area contributed by atoms with E-state index in [0.29, 0.717) is 32.8 Å². The van der Waals surface area contributed by atoms with Gasteiger partial charge in [-0.05, 0) is 38.1 Å². The number of hydrogen-bond acceptors (Lipinski definition) is 5. The first-order valence-electron chi connectivity index (χ1n) is 8.63. The Morgan fingerprint density at radius 2 is 1.83 bits per heavy atom. The van der Waals surface area contributed by atoms with Crippen LogP contribution in [-0.4, -0.2) is 55.5 Å². The van der Waals surface area contributed by atoms with E-state index in [1.807, 2.05) is 43.0 Å². The molecular formula is C18H26N2O4. The molecular weight excluding hydrogens is 308 g/mol. The number of ether oxygens (including phenoxy) is 3. The first-order chi connectivity index (χ1) is 11.6. The van der Waals surface area contributed by atoms with Crippen LogP contribution in [0.4, 0.5) is 5.69 Å². The number of benzene rings is 1. The smallest absolute Gasteiger partial charge is 0.241 e. The van der Waals surface area contributed by atoms with Gasteiger partial charge in [-0.15, -0.1) is 0 Å². The zero-order chi connectivity index (χ0) is 17.0. The Bertz CT molecular complexity index is 543. The van der Waals surface area contributed by atoms with Crippen LogP contribution in [0.25, 0.3) is 0 Å². The van der Waals surface area contributed by atoms with Gasteiger partial charge in [0.05, 0.1) is 25.9 Å². The lowest BCUT2D eigenvalue weighted by Crippen LogP contribution is -2.48. The summed E-state index contributed by atoms with van der Waals surface area (Å²) in [4.78, 5) is 14.2. The largest absolute Gasteiger partial charge is 0.491 e. The number of hydrogen-bond donors (Lipinski definition) is 1. The summed E-state index contributed by atoms with van der Waals surface area (Å²) in [6.07, 6.45) is 1.65. The third-order valence-corrected chi connectivity index (χ3v) is 4.36. The maximum Gasteiger partial charge on any atom is 0.241 e. The second-order valence-electron chi connectivity index (χ2n) is 6.53. The molecule has 1 aromatic rings. The fourth-order valence-corrected chi connectivity index (χ4v) is 3.10. The van der Waals surface area contributed by atoms with Gasteiger partial charge in [0, 0.05) is 31.6 Å². The number of carbonyl (C=O) groups is 1. The Morgan fingerprint density at radius 3 is 2.42 bits per heavy atom. The number of likely N-dealkylation sites (tertiary alicyclic amines) is 1. The highest BCUT2D eigenvalue weighted by atomic mass is 16.7. The molecule has 24 heavy (non-hydrogen) atoms. The van der Waals surface area contributed by atoms with Crippen LogP contribution in [0.1, 0.15) is 26.7 Å². The van der Waals surface area contributed by atoms with Crippen LogP contribution >= 0.6 is 0 Å². The van der Waals surface area contributed by atoms with E-state index >= 15 is 0 Å². The Morgan fingerprint density at radius 1 is 1.21 bits per heavy atom. The van der Waals surface area contributed by atoms with Crippen LogP contribution in [0.15, 0.2) is 24.3 Å². The summed E-state index contributed by atoms with van der Waals surface area (Å²) in [6, 6.07) is 7.67. The molecule has 1 spiro atoms. The van der Waals surface area contributed by atoms with E-state index < -0.39 is 5.79 Å². The molecule has 6 heteroatoms. The van der Waals surface area contributed by atoms with Crippen molar-refractivity contribution in [1.29, 1.82) is 0 Å². The van der Waals surface area contributed by atoms with Crippen LogP contribution in [-0.2, 0) is 14.3 Å². The Balaban J connectivity index is 1.44. The molecule has 0 unspecified atom stereocenters. The number of nitrogens with one attached hydrogen (secondary N) is 1. The highest BCUT2D eigenvalue weighted by Crippen LogP contribution is 2.31. The lowest BCUT2D eigenvalue weighted by molar-refractivity contribution is -0.187. The minimum atomic E-state index is -0.434. The molecule has 0 aliphatic carbocycles. The molecule has 0 aromatic heterocycles. The third kappa shape index (κ3) is 4.19. The van der Waals surface area contributed by atoms with Gasteiger partial charge in [-0.3, -0.25) is 4.79 Å². The first-order valence-corrected chi connectivity index (χ1v) is 8.63. The van der Waals surface area contributed by atoms with E-state index in [1.165, 1.54) is 0 Å². The number of anilines is 1. The standard InChI is InChI=1S/C18H26N2O4/c1-14(2)24-16-5-3-15(4-6-16)19-13-17(21)20-9-7-18(8-10-20)22-11-12-23-18/h3-6,14,19H,7-13H2,1-2H3. The van der Waals surface area contributed by atoms with E-state index in [9.17, 15) is 4.79 Å². The molecule has 2 fully saturated rings. The monoisotopic (exact) mass is 334 g/mol. The molecule has 3 rings (SSSR count). The van der Waals surface area contributed by atoms with Gasteiger partial charge in [0.1, 0.15) is 5.75 Å². The summed E-state index contributed by atoms with van der Waals surface area (Å²) >= 11 is 0. The zero-order valence-electron chi connectivity index (χ0n) is 14.4. The molecule has 6 nitrogen and oxygen atoms in total. The van der Waals surface area contributed by atoms with Crippen LogP contribution in [0.5, 0.6) is 5.75 Å². The predicted octanol–water partition coefficient (Wildman–Crippen LogP) is 2.25. The summed E-state index contributed by atoms with van der Waals surface area (Å²) < 4.78 is 17.0. The third-order valence-electron chi connectivity index (χ3n) is 4.36. The van der Waals surface area contributed by atoms with Gasteiger partial charge in [-0.1, -0.05) is 0 Å². The summed E-state index contributed by atoms with van der Waals surface area (Å²) in [5, 5.41) is 3.17. The van der Waals surface area contributed by atoms with E-state index in [0.717, 1.165) is 24.3 Å². The number of nitrogens with zero attached hydrogens (tertiary/aromatic N) is 1. The molecule has 0 bridgehead atoms. The van der Waals surface area contributed by atoms with Crippen molar-refractivity contribution < 1.29 is 19.0 Å². The minimum Gasteiger partial charge on any atom is -0.491 e. The lowest BCUT2D eigenvalue weighted by Gasteiger charge is -2.37. The Hall–Kier alpha value is -1.79. The van der Waals surface area contributed by atoms with Crippen molar-refractivity contribution in [3.8, 4) is 5.75 Å². The maximum atomic E-state index is 12.3. The highest BCUT2D eigenvalue weighted by molar-refractivity contribution is 5.81. The van der Waals surface area contributed by atoms with Crippen LogP contribution < -0.4 is 10.1 Å². The van der Waals surface area contributed by atoms with Crippen molar-refractivity contribution in [3.05, 3.63) is 24.3 Å². The number of amides is 1. The Labute approximate surface area is 143 Å². The zero-order valence-corrected chi connectivity index (χ0v) is 14.4. The van der Waals surface area contributed by atoms with Gasteiger partial charge in [0.25, 0.3) is 0 Å². The molecule has 0 atom stereocenters. The van der Waals surface area contributed by atoms with Crippen molar-refractivity contribution in [2.45, 2.75) is 38.6 Å². The van der Waals surface area contributed by atoms with E-state index in [2.05, 4.69) is 5.32 Å². The topological polar surface area (TPSA) is 60.0 Å². The van der Waals surface area contributed by atoms with Crippen LogP contribution in [0.3, 0.4) is 0 Å². The SMILES string of the molecule is CC(C)Oc1ccc(NCC(=O)N2CCC3(CC2)OCCO3)cc1. The van der Waals surface area contributed by atoms with Crippen molar-refractivity contribution in [1.82, 2.24) is 4.90 Å². The van der Waals surface area contributed by atoms with Crippen molar-refractivity contribution in [2.24, 2.45) is 0 Å². The predicted molar refractivity (Wildman–Crippen MR) is 91.1 cm³/mol. The van der Waals surface area contributed by atoms with Crippen molar-refractivity contribution in [2.75, 3.05) is 38.2 Å². The average molecular weight is 334 g/mol. The normalized spacial score (nSPS) is 19.7. The van der Waals surface area contributed by atoms with Gasteiger partial charge in [0.2, 0.25) is 5.91 Å². The molecule has 2 aliphatic rings. The molecule has 0 saturated carbocycles. The van der Waals surface area contributed by atoms with Gasteiger partial charge < -0.3 is 24.4 Å². The van der Waals surface area contributed by atoms with E-state index in [-0.39, 0.29) is 12.0 Å². The summed E-state index contributed by atoms with van der Waals surface area (Å²) in [7, 11) is 0. The number of carbonyl (C=O) groups excluding carboxylic acids is 1.